The molecule has 6 nitrogen and oxygen atoms in total. The summed E-state index contributed by atoms with van der Waals surface area (Å²) in [6, 6.07) is 5.85. The summed E-state index contributed by atoms with van der Waals surface area (Å²) in [5, 5.41) is 0. The zero-order chi connectivity index (χ0) is 16.3. The minimum atomic E-state index is -3.13. The molecule has 0 spiro atoms. The number of pyridine rings is 1. The number of aromatic nitrogens is 3. The van der Waals surface area contributed by atoms with Gasteiger partial charge in [-0.05, 0) is 31.9 Å². The van der Waals surface area contributed by atoms with Crippen molar-refractivity contribution in [1.29, 1.82) is 0 Å². The quantitative estimate of drug-likeness (QED) is 0.837. The van der Waals surface area contributed by atoms with E-state index in [0.717, 1.165) is 24.4 Å². The highest BCUT2D eigenvalue weighted by molar-refractivity contribution is 7.89. The van der Waals surface area contributed by atoms with Crippen molar-refractivity contribution in [2.75, 3.05) is 18.8 Å². The van der Waals surface area contributed by atoms with E-state index in [1.54, 1.807) is 23.6 Å². The van der Waals surface area contributed by atoms with Crippen LogP contribution in [0.1, 0.15) is 37.2 Å². The predicted octanol–water partition coefficient (Wildman–Crippen LogP) is 1.86. The molecule has 0 aliphatic carbocycles. The van der Waals surface area contributed by atoms with E-state index in [9.17, 15) is 8.42 Å². The van der Waals surface area contributed by atoms with Crippen LogP contribution < -0.4 is 0 Å². The zero-order valence-corrected chi connectivity index (χ0v) is 14.1. The van der Waals surface area contributed by atoms with Crippen molar-refractivity contribution >= 4 is 10.0 Å². The Balaban J connectivity index is 1.78. The molecular formula is C16H22N4O2S. The minimum Gasteiger partial charge on any atom is -0.329 e. The molecular weight excluding hydrogens is 312 g/mol. The number of hydrogen-bond acceptors (Lipinski definition) is 4. The lowest BCUT2D eigenvalue weighted by molar-refractivity contribution is 0.306. The van der Waals surface area contributed by atoms with Gasteiger partial charge in [0.05, 0.1) is 18.0 Å². The number of sulfonamides is 1. The SMILES string of the molecule is CCS(=O)(=O)N1CCC[C@@H](c2nccn2Cc2ccccn2)C1. The summed E-state index contributed by atoms with van der Waals surface area (Å²) >= 11 is 0. The number of hydrogen-bond donors (Lipinski definition) is 0. The smallest absolute Gasteiger partial charge is 0.213 e. The third kappa shape index (κ3) is 3.61. The first-order valence-corrected chi connectivity index (χ1v) is 9.60. The first-order chi connectivity index (χ1) is 11.1. The van der Waals surface area contributed by atoms with Gasteiger partial charge in [0, 0.05) is 37.6 Å². The van der Waals surface area contributed by atoms with Crippen LogP contribution >= 0.6 is 0 Å². The lowest BCUT2D eigenvalue weighted by Gasteiger charge is -2.31. The van der Waals surface area contributed by atoms with E-state index in [1.807, 2.05) is 24.4 Å². The molecule has 1 atom stereocenters. The van der Waals surface area contributed by atoms with Crippen molar-refractivity contribution in [3.8, 4) is 0 Å². The minimum absolute atomic E-state index is 0.142. The molecule has 0 amide bonds. The molecule has 124 valence electrons. The Morgan fingerprint density at radius 1 is 1.26 bits per heavy atom. The molecule has 1 saturated heterocycles. The van der Waals surface area contributed by atoms with Crippen LogP contribution in [0.5, 0.6) is 0 Å². The van der Waals surface area contributed by atoms with Gasteiger partial charge < -0.3 is 4.57 Å². The predicted molar refractivity (Wildman–Crippen MR) is 88.6 cm³/mol. The molecule has 1 aliphatic heterocycles. The maximum absolute atomic E-state index is 12.1. The van der Waals surface area contributed by atoms with Crippen molar-refractivity contribution in [1.82, 2.24) is 18.8 Å². The van der Waals surface area contributed by atoms with Crippen LogP contribution in [0.25, 0.3) is 0 Å². The molecule has 0 bridgehead atoms. The fourth-order valence-electron chi connectivity index (χ4n) is 3.07. The Bertz CT molecular complexity index is 742. The summed E-state index contributed by atoms with van der Waals surface area (Å²) in [6.45, 7) is 3.50. The lowest BCUT2D eigenvalue weighted by atomic mass is 9.99. The Hall–Kier alpha value is -1.73. The van der Waals surface area contributed by atoms with Gasteiger partial charge in [0.1, 0.15) is 5.82 Å². The second-order valence-corrected chi connectivity index (χ2v) is 8.09. The van der Waals surface area contributed by atoms with E-state index in [-0.39, 0.29) is 11.7 Å². The summed E-state index contributed by atoms with van der Waals surface area (Å²) in [5.74, 6) is 1.25. The average Bonchev–Trinajstić information content (AvgIpc) is 3.04. The Morgan fingerprint density at radius 2 is 2.13 bits per heavy atom. The van der Waals surface area contributed by atoms with Gasteiger partial charge in [-0.15, -0.1) is 0 Å². The van der Waals surface area contributed by atoms with Crippen LogP contribution in [-0.2, 0) is 16.6 Å². The summed E-state index contributed by atoms with van der Waals surface area (Å²) in [4.78, 5) is 8.84. The summed E-state index contributed by atoms with van der Waals surface area (Å²) < 4.78 is 28.0. The molecule has 0 radical (unpaired) electrons. The van der Waals surface area contributed by atoms with Gasteiger partial charge in [-0.3, -0.25) is 4.98 Å². The molecule has 1 fully saturated rings. The van der Waals surface area contributed by atoms with E-state index in [0.29, 0.717) is 19.6 Å². The molecule has 7 heteroatoms. The van der Waals surface area contributed by atoms with Crippen LogP contribution in [0.3, 0.4) is 0 Å². The normalized spacial score (nSPS) is 19.8. The highest BCUT2D eigenvalue weighted by Crippen LogP contribution is 2.27. The Labute approximate surface area is 137 Å². The van der Waals surface area contributed by atoms with Gasteiger partial charge in [-0.25, -0.2) is 17.7 Å². The summed E-state index contributed by atoms with van der Waals surface area (Å²) in [7, 11) is -3.13. The summed E-state index contributed by atoms with van der Waals surface area (Å²) in [5.41, 5.74) is 0.973. The largest absolute Gasteiger partial charge is 0.329 e. The molecule has 1 aliphatic rings. The van der Waals surface area contributed by atoms with Crippen LogP contribution in [0, 0.1) is 0 Å². The molecule has 2 aromatic heterocycles. The van der Waals surface area contributed by atoms with Crippen molar-refractivity contribution in [3.05, 3.63) is 48.3 Å². The zero-order valence-electron chi connectivity index (χ0n) is 13.3. The molecule has 2 aromatic rings. The van der Waals surface area contributed by atoms with Crippen LogP contribution in [0.2, 0.25) is 0 Å². The van der Waals surface area contributed by atoms with E-state index in [1.165, 1.54) is 0 Å². The van der Waals surface area contributed by atoms with E-state index in [4.69, 9.17) is 0 Å². The average molecular weight is 334 g/mol. The fraction of sp³-hybridized carbons (Fsp3) is 0.500. The van der Waals surface area contributed by atoms with E-state index < -0.39 is 10.0 Å². The van der Waals surface area contributed by atoms with Gasteiger partial charge in [0.25, 0.3) is 0 Å². The Morgan fingerprint density at radius 3 is 2.87 bits per heavy atom. The Kier molecular flexibility index (Phi) is 4.77. The van der Waals surface area contributed by atoms with Gasteiger partial charge >= 0.3 is 0 Å². The second-order valence-electron chi connectivity index (χ2n) is 5.83. The molecule has 3 rings (SSSR count). The van der Waals surface area contributed by atoms with Gasteiger partial charge in [0.2, 0.25) is 10.0 Å². The number of imidazole rings is 1. The van der Waals surface area contributed by atoms with E-state index >= 15 is 0 Å². The van der Waals surface area contributed by atoms with Gasteiger partial charge in [0.15, 0.2) is 0 Å². The van der Waals surface area contributed by atoms with Crippen molar-refractivity contribution in [3.63, 3.8) is 0 Å². The van der Waals surface area contributed by atoms with Gasteiger partial charge in [-0.1, -0.05) is 6.07 Å². The molecule has 0 saturated carbocycles. The number of piperidine rings is 1. The molecule has 0 unspecified atom stereocenters. The number of rotatable bonds is 5. The van der Waals surface area contributed by atoms with Crippen LogP contribution in [0.4, 0.5) is 0 Å². The van der Waals surface area contributed by atoms with Crippen molar-refractivity contribution < 1.29 is 8.42 Å². The van der Waals surface area contributed by atoms with Gasteiger partial charge in [-0.2, -0.15) is 0 Å². The summed E-state index contributed by atoms with van der Waals surface area (Å²) in [6.07, 6.45) is 7.35. The number of nitrogens with zero attached hydrogens (tertiary/aromatic N) is 4. The van der Waals surface area contributed by atoms with E-state index in [2.05, 4.69) is 14.5 Å². The third-order valence-electron chi connectivity index (χ3n) is 4.31. The molecule has 23 heavy (non-hydrogen) atoms. The highest BCUT2D eigenvalue weighted by Gasteiger charge is 2.30. The van der Waals surface area contributed by atoms with Crippen molar-refractivity contribution in [2.24, 2.45) is 0 Å². The topological polar surface area (TPSA) is 68.1 Å². The monoisotopic (exact) mass is 334 g/mol. The lowest BCUT2D eigenvalue weighted by Crippen LogP contribution is -2.40. The maximum Gasteiger partial charge on any atom is 0.213 e. The first kappa shape index (κ1) is 16.1. The molecule has 0 aromatic carbocycles. The molecule has 0 N–H and O–H groups in total. The molecule has 3 heterocycles. The van der Waals surface area contributed by atoms with Crippen LogP contribution in [-0.4, -0.2) is 46.1 Å². The van der Waals surface area contributed by atoms with Crippen molar-refractivity contribution in [2.45, 2.75) is 32.2 Å². The highest BCUT2D eigenvalue weighted by atomic mass is 32.2. The first-order valence-electron chi connectivity index (χ1n) is 7.99. The maximum atomic E-state index is 12.1. The standard InChI is InChI=1S/C16H22N4O2S/c1-2-23(21,22)20-10-5-6-14(12-20)16-18-9-11-19(16)13-15-7-3-4-8-17-15/h3-4,7-9,11,14H,2,5-6,10,12-13H2,1H3/t14-/m1/s1. The third-order valence-corrected chi connectivity index (χ3v) is 6.16. The second kappa shape index (κ2) is 6.80. The fourth-order valence-corrected chi connectivity index (χ4v) is 4.25. The van der Waals surface area contributed by atoms with Crippen LogP contribution in [0.15, 0.2) is 36.8 Å².